The molecule has 0 aliphatic heterocycles. The Morgan fingerprint density at radius 2 is 1.92 bits per heavy atom. The summed E-state index contributed by atoms with van der Waals surface area (Å²) in [6.45, 7) is 0. The molecule has 0 unspecified atom stereocenters. The molecule has 1 amide bonds. The largest absolute Gasteiger partial charge is 0.351 e. The maximum absolute atomic E-state index is 12.4. The molecular formula is C17H16Cl2N4O. The van der Waals surface area contributed by atoms with Crippen molar-refractivity contribution in [2.75, 3.05) is 12.4 Å². The van der Waals surface area contributed by atoms with Crippen LogP contribution in [0.15, 0.2) is 59.6 Å². The summed E-state index contributed by atoms with van der Waals surface area (Å²) in [7, 11) is 1.60. The highest BCUT2D eigenvalue weighted by Gasteiger charge is 2.11. The van der Waals surface area contributed by atoms with Gasteiger partial charge in [-0.25, -0.2) is 0 Å². The summed E-state index contributed by atoms with van der Waals surface area (Å²) < 4.78 is 0. The van der Waals surface area contributed by atoms with Crippen LogP contribution in [0.25, 0.3) is 10.9 Å². The lowest BCUT2D eigenvalue weighted by Gasteiger charge is -2.10. The van der Waals surface area contributed by atoms with Crippen molar-refractivity contribution in [3.63, 3.8) is 0 Å². The lowest BCUT2D eigenvalue weighted by molar-refractivity contribution is 0.0973. The van der Waals surface area contributed by atoms with Gasteiger partial charge in [0, 0.05) is 28.7 Å². The van der Waals surface area contributed by atoms with Crippen LogP contribution in [0.5, 0.6) is 0 Å². The molecule has 124 valence electrons. The Balaban J connectivity index is 0.00000208. The highest BCUT2D eigenvalue weighted by atomic mass is 35.5. The molecule has 0 aliphatic carbocycles. The molecular weight excluding hydrogens is 347 g/mol. The number of H-pyrrole nitrogens is 1. The highest BCUT2D eigenvalue weighted by Crippen LogP contribution is 2.16. The van der Waals surface area contributed by atoms with Gasteiger partial charge in [0.25, 0.3) is 5.91 Å². The van der Waals surface area contributed by atoms with Crippen LogP contribution in [0.1, 0.15) is 10.5 Å². The van der Waals surface area contributed by atoms with Crippen LogP contribution < -0.4 is 10.6 Å². The molecule has 0 saturated carbocycles. The Bertz CT molecular complexity index is 856. The molecule has 7 heteroatoms. The van der Waals surface area contributed by atoms with E-state index in [2.05, 4.69) is 20.6 Å². The summed E-state index contributed by atoms with van der Waals surface area (Å²) in [6.07, 6.45) is 0. The molecule has 0 aliphatic rings. The number of aromatic nitrogens is 1. The number of carbonyl (C=O) groups is 1. The van der Waals surface area contributed by atoms with Crippen LogP contribution in [-0.4, -0.2) is 23.9 Å². The summed E-state index contributed by atoms with van der Waals surface area (Å²) >= 11 is 5.95. The van der Waals surface area contributed by atoms with Gasteiger partial charge in [0.05, 0.1) is 0 Å². The predicted molar refractivity (Wildman–Crippen MR) is 101 cm³/mol. The summed E-state index contributed by atoms with van der Waals surface area (Å²) in [5.41, 5.74) is 2.13. The van der Waals surface area contributed by atoms with Crippen molar-refractivity contribution in [2.45, 2.75) is 0 Å². The van der Waals surface area contributed by atoms with E-state index in [0.29, 0.717) is 16.7 Å². The standard InChI is InChI=1S/C17H15ClN4O.ClH/c1-19-17(20-13-7-4-6-12(18)10-13)22-16(23)15-9-11-5-2-3-8-14(11)21-15;/h2-10,21H,1H3,(H2,19,20,22,23);1H. The maximum Gasteiger partial charge on any atom is 0.274 e. The van der Waals surface area contributed by atoms with E-state index in [1.54, 1.807) is 25.2 Å². The molecule has 0 saturated heterocycles. The molecule has 0 atom stereocenters. The molecule has 3 aromatic rings. The molecule has 1 aromatic heterocycles. The number of hydrogen-bond donors (Lipinski definition) is 3. The van der Waals surface area contributed by atoms with Crippen LogP contribution in [0, 0.1) is 0 Å². The first kappa shape index (κ1) is 17.8. The van der Waals surface area contributed by atoms with E-state index >= 15 is 0 Å². The number of anilines is 1. The number of amides is 1. The third kappa shape index (κ3) is 4.07. The first-order valence-corrected chi connectivity index (χ1v) is 7.42. The van der Waals surface area contributed by atoms with Gasteiger partial charge in [0.2, 0.25) is 5.96 Å². The van der Waals surface area contributed by atoms with E-state index in [-0.39, 0.29) is 18.3 Å². The number of guanidine groups is 1. The molecule has 0 fully saturated rings. The summed E-state index contributed by atoms with van der Waals surface area (Å²) in [5.74, 6) is 0.0762. The van der Waals surface area contributed by atoms with E-state index in [1.807, 2.05) is 36.4 Å². The van der Waals surface area contributed by atoms with Gasteiger partial charge in [-0.05, 0) is 30.3 Å². The monoisotopic (exact) mass is 362 g/mol. The molecule has 5 nitrogen and oxygen atoms in total. The van der Waals surface area contributed by atoms with E-state index in [4.69, 9.17) is 11.6 Å². The Morgan fingerprint density at radius 1 is 1.12 bits per heavy atom. The average Bonchev–Trinajstić information content (AvgIpc) is 2.98. The second kappa shape index (κ2) is 7.86. The Hall–Kier alpha value is -2.50. The Labute approximate surface area is 150 Å². The van der Waals surface area contributed by atoms with Crippen LogP contribution in [0.3, 0.4) is 0 Å². The second-order valence-corrected chi connectivity index (χ2v) is 5.37. The average molecular weight is 363 g/mol. The van der Waals surface area contributed by atoms with Gasteiger partial charge in [-0.2, -0.15) is 0 Å². The van der Waals surface area contributed by atoms with Crippen molar-refractivity contribution in [3.05, 3.63) is 65.3 Å². The lowest BCUT2D eigenvalue weighted by Crippen LogP contribution is -2.36. The topological polar surface area (TPSA) is 69.3 Å². The number of nitrogens with one attached hydrogen (secondary N) is 3. The number of nitrogens with zero attached hydrogens (tertiary/aromatic N) is 1. The van der Waals surface area contributed by atoms with Crippen molar-refractivity contribution in [3.8, 4) is 0 Å². The molecule has 0 radical (unpaired) electrons. The fourth-order valence-electron chi connectivity index (χ4n) is 2.22. The first-order chi connectivity index (χ1) is 11.2. The molecule has 3 N–H and O–H groups in total. The van der Waals surface area contributed by atoms with Gasteiger partial charge in [-0.1, -0.05) is 35.9 Å². The quantitative estimate of drug-likeness (QED) is 0.475. The number of hydrogen-bond acceptors (Lipinski definition) is 2. The molecule has 0 bridgehead atoms. The van der Waals surface area contributed by atoms with Gasteiger partial charge in [0.1, 0.15) is 5.69 Å². The van der Waals surface area contributed by atoms with Gasteiger partial charge in [0.15, 0.2) is 0 Å². The van der Waals surface area contributed by atoms with E-state index in [1.165, 1.54) is 0 Å². The van der Waals surface area contributed by atoms with Crippen molar-refractivity contribution in [1.82, 2.24) is 10.3 Å². The van der Waals surface area contributed by atoms with Gasteiger partial charge < -0.3 is 10.3 Å². The fourth-order valence-corrected chi connectivity index (χ4v) is 2.41. The van der Waals surface area contributed by atoms with E-state index in [9.17, 15) is 4.79 Å². The zero-order valence-corrected chi connectivity index (χ0v) is 14.4. The molecule has 1 heterocycles. The number of para-hydroxylation sites is 1. The first-order valence-electron chi connectivity index (χ1n) is 7.04. The number of rotatable bonds is 2. The van der Waals surface area contributed by atoms with E-state index in [0.717, 1.165) is 16.6 Å². The van der Waals surface area contributed by atoms with Crippen molar-refractivity contribution in [1.29, 1.82) is 0 Å². The Morgan fingerprint density at radius 3 is 2.62 bits per heavy atom. The number of aromatic amines is 1. The SMILES string of the molecule is CN=C(NC(=O)c1cc2ccccc2[nH]1)Nc1cccc(Cl)c1.Cl. The Kier molecular flexibility index (Phi) is 5.84. The minimum atomic E-state index is -0.267. The zero-order valence-electron chi connectivity index (χ0n) is 12.8. The van der Waals surface area contributed by atoms with Gasteiger partial charge in [-0.15, -0.1) is 12.4 Å². The third-order valence-corrected chi connectivity index (χ3v) is 3.55. The lowest BCUT2D eigenvalue weighted by atomic mass is 10.2. The van der Waals surface area contributed by atoms with Crippen LogP contribution in [0.4, 0.5) is 5.69 Å². The van der Waals surface area contributed by atoms with Crippen molar-refractivity contribution >= 4 is 52.5 Å². The van der Waals surface area contributed by atoms with Crippen LogP contribution in [0.2, 0.25) is 5.02 Å². The van der Waals surface area contributed by atoms with Crippen molar-refractivity contribution < 1.29 is 4.79 Å². The van der Waals surface area contributed by atoms with Gasteiger partial charge >= 0.3 is 0 Å². The molecule has 0 spiro atoms. The summed E-state index contributed by atoms with van der Waals surface area (Å²) in [5, 5.41) is 7.35. The predicted octanol–water partition coefficient (Wildman–Crippen LogP) is 4.07. The summed E-state index contributed by atoms with van der Waals surface area (Å²) in [4.78, 5) is 19.5. The molecule has 3 rings (SSSR count). The summed E-state index contributed by atoms with van der Waals surface area (Å²) in [6, 6.07) is 16.7. The fraction of sp³-hybridized carbons (Fsp3) is 0.0588. The maximum atomic E-state index is 12.4. The van der Waals surface area contributed by atoms with Crippen molar-refractivity contribution in [2.24, 2.45) is 4.99 Å². The minimum Gasteiger partial charge on any atom is -0.351 e. The normalized spacial score (nSPS) is 11.0. The smallest absolute Gasteiger partial charge is 0.274 e. The molecule has 2 aromatic carbocycles. The number of carbonyl (C=O) groups excluding carboxylic acids is 1. The van der Waals surface area contributed by atoms with E-state index < -0.39 is 0 Å². The number of benzene rings is 2. The minimum absolute atomic E-state index is 0. The highest BCUT2D eigenvalue weighted by molar-refractivity contribution is 6.31. The van der Waals surface area contributed by atoms with Crippen LogP contribution in [-0.2, 0) is 0 Å². The second-order valence-electron chi connectivity index (χ2n) is 4.93. The number of aliphatic imine (C=N–C) groups is 1. The zero-order chi connectivity index (χ0) is 16.2. The number of fused-ring (bicyclic) bond motifs is 1. The molecule has 24 heavy (non-hydrogen) atoms. The van der Waals surface area contributed by atoms with Crippen LogP contribution >= 0.6 is 24.0 Å². The van der Waals surface area contributed by atoms with Gasteiger partial charge in [-0.3, -0.25) is 15.1 Å². The number of halogens is 2. The third-order valence-electron chi connectivity index (χ3n) is 3.32.